The fourth-order valence-electron chi connectivity index (χ4n) is 1.96. The fourth-order valence-corrected chi connectivity index (χ4v) is 4.49. The highest BCUT2D eigenvalue weighted by Crippen LogP contribution is 2.29. The van der Waals surface area contributed by atoms with E-state index in [0.717, 1.165) is 4.47 Å². The Bertz CT molecular complexity index is 549. The number of hydrogen-bond acceptors (Lipinski definition) is 3. The first-order valence-electron chi connectivity index (χ1n) is 5.54. The van der Waals surface area contributed by atoms with Crippen molar-refractivity contribution in [1.29, 1.82) is 0 Å². The fraction of sp³-hybridized carbons (Fsp3) is 0.455. The zero-order valence-corrected chi connectivity index (χ0v) is 12.7. The molecule has 1 saturated heterocycles. The normalized spacial score (nSPS) is 22.1. The summed E-state index contributed by atoms with van der Waals surface area (Å²) < 4.78 is 26.8. The van der Waals surface area contributed by atoms with Crippen molar-refractivity contribution in [3.8, 4) is 0 Å². The number of sulfonamides is 1. The van der Waals surface area contributed by atoms with Crippen molar-refractivity contribution in [2.45, 2.75) is 23.8 Å². The minimum Gasteiger partial charge on any atom is -0.392 e. The molecule has 1 aliphatic rings. The molecule has 1 aromatic carbocycles. The molecule has 0 radical (unpaired) electrons. The van der Waals surface area contributed by atoms with E-state index in [1.54, 1.807) is 12.1 Å². The molecule has 0 bridgehead atoms. The van der Waals surface area contributed by atoms with Crippen molar-refractivity contribution in [3.05, 3.63) is 27.7 Å². The van der Waals surface area contributed by atoms with Crippen LogP contribution in [-0.4, -0.2) is 37.0 Å². The Hall–Kier alpha value is -0.140. The number of benzene rings is 1. The second kappa shape index (κ2) is 5.46. The Labute approximate surface area is 120 Å². The van der Waals surface area contributed by atoms with E-state index in [4.69, 9.17) is 11.6 Å². The minimum absolute atomic E-state index is 0.0847. The lowest BCUT2D eigenvalue weighted by atomic mass is 10.1. The molecule has 7 heteroatoms. The number of hydrogen-bond donors (Lipinski definition) is 1. The monoisotopic (exact) mass is 353 g/mol. The molecule has 0 saturated carbocycles. The SMILES string of the molecule is O=S(=O)(c1ccc(Br)cc1Cl)N1CCCC(O)C1. The summed E-state index contributed by atoms with van der Waals surface area (Å²) in [5.74, 6) is 0. The van der Waals surface area contributed by atoms with E-state index in [1.165, 1.54) is 10.4 Å². The summed E-state index contributed by atoms with van der Waals surface area (Å²) in [5.41, 5.74) is 0. The van der Waals surface area contributed by atoms with Crippen molar-refractivity contribution in [2.75, 3.05) is 13.1 Å². The molecule has 1 atom stereocenters. The topological polar surface area (TPSA) is 57.6 Å². The smallest absolute Gasteiger partial charge is 0.244 e. The van der Waals surface area contributed by atoms with Gasteiger partial charge in [-0.05, 0) is 31.0 Å². The first kappa shape index (κ1) is 14.3. The predicted octanol–water partition coefficient (Wildman–Crippen LogP) is 2.25. The molecule has 4 nitrogen and oxygen atoms in total. The highest BCUT2D eigenvalue weighted by Gasteiger charge is 2.30. The second-order valence-electron chi connectivity index (χ2n) is 4.23. The summed E-state index contributed by atoms with van der Waals surface area (Å²) in [4.78, 5) is 0.0847. The van der Waals surface area contributed by atoms with Gasteiger partial charge < -0.3 is 5.11 Å². The molecule has 1 N–H and O–H groups in total. The molecule has 1 aliphatic heterocycles. The molecular formula is C11H13BrClNO3S. The maximum absolute atomic E-state index is 12.4. The number of halogens is 2. The molecule has 0 amide bonds. The molecule has 18 heavy (non-hydrogen) atoms. The van der Waals surface area contributed by atoms with Crippen molar-refractivity contribution >= 4 is 37.6 Å². The maximum Gasteiger partial charge on any atom is 0.244 e. The van der Waals surface area contributed by atoms with Crippen molar-refractivity contribution in [3.63, 3.8) is 0 Å². The van der Waals surface area contributed by atoms with Gasteiger partial charge in [-0.2, -0.15) is 4.31 Å². The number of rotatable bonds is 2. The molecule has 2 rings (SSSR count). The molecule has 0 aromatic heterocycles. The van der Waals surface area contributed by atoms with Crippen LogP contribution in [0.5, 0.6) is 0 Å². The van der Waals surface area contributed by atoms with Gasteiger partial charge in [0.05, 0.1) is 11.1 Å². The van der Waals surface area contributed by atoms with Crippen LogP contribution in [0.4, 0.5) is 0 Å². The molecule has 1 fully saturated rings. The van der Waals surface area contributed by atoms with Gasteiger partial charge in [-0.15, -0.1) is 0 Å². The van der Waals surface area contributed by atoms with Crippen molar-refractivity contribution in [2.24, 2.45) is 0 Å². The van der Waals surface area contributed by atoms with Gasteiger partial charge in [0.1, 0.15) is 4.90 Å². The minimum atomic E-state index is -3.62. The lowest BCUT2D eigenvalue weighted by Crippen LogP contribution is -2.42. The number of β-amino-alcohol motifs (C(OH)–C–C–N with tert-alkyl or cyclic N) is 1. The van der Waals surface area contributed by atoms with Crippen molar-refractivity contribution in [1.82, 2.24) is 4.31 Å². The first-order valence-corrected chi connectivity index (χ1v) is 8.15. The van der Waals surface area contributed by atoms with Gasteiger partial charge >= 0.3 is 0 Å². The Kier molecular flexibility index (Phi) is 4.33. The average Bonchev–Trinajstić information content (AvgIpc) is 2.28. The van der Waals surface area contributed by atoms with Gasteiger partial charge in [-0.25, -0.2) is 8.42 Å². The lowest BCUT2D eigenvalue weighted by Gasteiger charge is -2.29. The third kappa shape index (κ3) is 2.88. The van der Waals surface area contributed by atoms with E-state index in [-0.39, 0.29) is 16.5 Å². The predicted molar refractivity (Wildman–Crippen MR) is 73.2 cm³/mol. The van der Waals surface area contributed by atoms with Crippen LogP contribution >= 0.6 is 27.5 Å². The largest absolute Gasteiger partial charge is 0.392 e. The summed E-state index contributed by atoms with van der Waals surface area (Å²) in [5, 5.41) is 9.74. The van der Waals surface area contributed by atoms with Crippen LogP contribution in [0.2, 0.25) is 5.02 Å². The van der Waals surface area contributed by atoms with Crippen LogP contribution in [0.25, 0.3) is 0 Å². The summed E-state index contributed by atoms with van der Waals surface area (Å²) in [6.45, 7) is 0.556. The van der Waals surface area contributed by atoms with Crippen molar-refractivity contribution < 1.29 is 13.5 Å². The molecular weight excluding hydrogens is 342 g/mol. The standard InChI is InChI=1S/C11H13BrClNO3S/c12-8-3-4-11(10(13)6-8)18(16,17)14-5-1-2-9(15)7-14/h3-4,6,9,15H,1-2,5,7H2. The van der Waals surface area contributed by atoms with Crippen LogP contribution in [0.15, 0.2) is 27.6 Å². The van der Waals surface area contributed by atoms with Gasteiger partial charge in [0.25, 0.3) is 0 Å². The van der Waals surface area contributed by atoms with E-state index in [0.29, 0.717) is 19.4 Å². The van der Waals surface area contributed by atoms with E-state index in [9.17, 15) is 13.5 Å². The van der Waals surface area contributed by atoms with Gasteiger partial charge in [-0.1, -0.05) is 27.5 Å². The number of aliphatic hydroxyl groups excluding tert-OH is 1. The summed E-state index contributed by atoms with van der Waals surface area (Å²) >= 11 is 9.21. The number of piperidine rings is 1. The highest BCUT2D eigenvalue weighted by molar-refractivity contribution is 9.10. The maximum atomic E-state index is 12.4. The zero-order valence-electron chi connectivity index (χ0n) is 9.51. The Morgan fingerprint density at radius 3 is 2.78 bits per heavy atom. The van der Waals surface area contributed by atoms with Gasteiger partial charge in [-0.3, -0.25) is 0 Å². The zero-order chi connectivity index (χ0) is 13.3. The average molecular weight is 355 g/mol. The Morgan fingerprint density at radius 2 is 2.17 bits per heavy atom. The van der Waals surface area contributed by atoms with Gasteiger partial charge in [0, 0.05) is 17.6 Å². The van der Waals surface area contributed by atoms with Gasteiger partial charge in [0.15, 0.2) is 0 Å². The van der Waals surface area contributed by atoms with Crippen LogP contribution < -0.4 is 0 Å². The number of nitrogens with zero attached hydrogens (tertiary/aromatic N) is 1. The van der Waals surface area contributed by atoms with E-state index < -0.39 is 16.1 Å². The molecule has 100 valence electrons. The molecule has 1 aromatic rings. The Balaban J connectivity index is 2.35. The van der Waals surface area contributed by atoms with E-state index in [1.807, 2.05) is 0 Å². The van der Waals surface area contributed by atoms with E-state index >= 15 is 0 Å². The summed E-state index contributed by atoms with van der Waals surface area (Å²) in [7, 11) is -3.62. The van der Waals surface area contributed by atoms with Crippen LogP contribution in [0, 0.1) is 0 Å². The quantitative estimate of drug-likeness (QED) is 0.886. The molecule has 1 unspecified atom stereocenters. The summed E-state index contributed by atoms with van der Waals surface area (Å²) in [6.07, 6.45) is 0.706. The third-order valence-corrected chi connectivity index (χ3v) is 5.71. The van der Waals surface area contributed by atoms with E-state index in [2.05, 4.69) is 15.9 Å². The lowest BCUT2D eigenvalue weighted by molar-refractivity contribution is 0.108. The number of aliphatic hydroxyl groups is 1. The molecule has 0 aliphatic carbocycles. The van der Waals surface area contributed by atoms with Crippen LogP contribution in [-0.2, 0) is 10.0 Å². The molecule has 0 spiro atoms. The third-order valence-electron chi connectivity index (χ3n) is 2.87. The second-order valence-corrected chi connectivity index (χ2v) is 7.46. The van der Waals surface area contributed by atoms with Crippen LogP contribution in [0.1, 0.15) is 12.8 Å². The molecule has 1 heterocycles. The summed E-state index contributed by atoms with van der Waals surface area (Å²) in [6, 6.07) is 4.66. The Morgan fingerprint density at radius 1 is 1.44 bits per heavy atom. The van der Waals surface area contributed by atoms with Crippen LogP contribution in [0.3, 0.4) is 0 Å². The first-order chi connectivity index (χ1) is 8.41. The highest BCUT2D eigenvalue weighted by atomic mass is 79.9. The van der Waals surface area contributed by atoms with Gasteiger partial charge in [0.2, 0.25) is 10.0 Å².